The maximum Gasteiger partial charge on any atom is 0.130 e. The van der Waals surface area contributed by atoms with Gasteiger partial charge < -0.3 is 5.32 Å². The minimum atomic E-state index is 0.906. The van der Waals surface area contributed by atoms with Crippen LogP contribution < -0.4 is 5.32 Å². The van der Waals surface area contributed by atoms with E-state index in [-0.39, 0.29) is 0 Å². The normalized spacial score (nSPS) is 10.2. The van der Waals surface area contributed by atoms with Crippen LogP contribution in [0.1, 0.15) is 38.2 Å². The first-order valence-electron chi connectivity index (χ1n) is 5.34. The van der Waals surface area contributed by atoms with Crippen molar-refractivity contribution in [3.8, 4) is 0 Å². The number of hydrogen-bond donors (Lipinski definition) is 1. The Morgan fingerprint density at radius 1 is 1.29 bits per heavy atom. The van der Waals surface area contributed by atoms with E-state index in [1.54, 1.807) is 0 Å². The van der Waals surface area contributed by atoms with E-state index in [0.717, 1.165) is 36.7 Å². The highest BCUT2D eigenvalue weighted by Crippen LogP contribution is 2.07. The Balaban J connectivity index is 2.73. The summed E-state index contributed by atoms with van der Waals surface area (Å²) < 4.78 is 0. The molecular formula is C11H19N3. The summed E-state index contributed by atoms with van der Waals surface area (Å²) in [5.74, 6) is 1.91. The zero-order chi connectivity index (χ0) is 10.4. The van der Waals surface area contributed by atoms with Gasteiger partial charge in [-0.25, -0.2) is 9.97 Å². The van der Waals surface area contributed by atoms with E-state index in [1.165, 1.54) is 6.42 Å². The second kappa shape index (κ2) is 5.58. The Kier molecular flexibility index (Phi) is 4.36. The molecule has 0 fully saturated rings. The quantitative estimate of drug-likeness (QED) is 0.781. The van der Waals surface area contributed by atoms with Gasteiger partial charge in [0.15, 0.2) is 0 Å². The van der Waals surface area contributed by atoms with Crippen LogP contribution in [-0.2, 0) is 6.42 Å². The van der Waals surface area contributed by atoms with Crippen molar-refractivity contribution >= 4 is 5.82 Å². The van der Waals surface area contributed by atoms with E-state index >= 15 is 0 Å². The van der Waals surface area contributed by atoms with Gasteiger partial charge in [0.1, 0.15) is 11.6 Å². The van der Waals surface area contributed by atoms with E-state index in [1.807, 2.05) is 13.0 Å². The van der Waals surface area contributed by atoms with Crippen molar-refractivity contribution in [3.63, 3.8) is 0 Å². The minimum Gasteiger partial charge on any atom is -0.370 e. The molecule has 0 bridgehead atoms. The van der Waals surface area contributed by atoms with Gasteiger partial charge in [-0.3, -0.25) is 0 Å². The molecule has 0 aliphatic carbocycles. The number of hydrogen-bond acceptors (Lipinski definition) is 3. The molecule has 1 aromatic rings. The first-order valence-corrected chi connectivity index (χ1v) is 5.34. The predicted octanol–water partition coefficient (Wildman–Crippen LogP) is 2.56. The highest BCUT2D eigenvalue weighted by Gasteiger charge is 2.00. The van der Waals surface area contributed by atoms with Crippen molar-refractivity contribution in [3.05, 3.63) is 17.6 Å². The van der Waals surface area contributed by atoms with Crippen molar-refractivity contribution in [2.45, 2.75) is 40.0 Å². The Morgan fingerprint density at radius 3 is 2.71 bits per heavy atom. The van der Waals surface area contributed by atoms with Crippen molar-refractivity contribution in [2.75, 3.05) is 11.9 Å². The molecule has 3 heteroatoms. The smallest absolute Gasteiger partial charge is 0.130 e. The molecule has 0 aliphatic heterocycles. The summed E-state index contributed by atoms with van der Waals surface area (Å²) in [6.45, 7) is 7.17. The molecule has 1 aromatic heterocycles. The monoisotopic (exact) mass is 193 g/mol. The number of unbranched alkanes of at least 4 members (excludes halogenated alkanes) is 1. The Bertz CT molecular complexity index is 284. The molecule has 78 valence electrons. The summed E-state index contributed by atoms with van der Waals surface area (Å²) in [5.41, 5.74) is 1.04. The Morgan fingerprint density at radius 2 is 2.07 bits per heavy atom. The number of nitrogens with zero attached hydrogens (tertiary/aromatic N) is 2. The molecule has 3 nitrogen and oxygen atoms in total. The largest absolute Gasteiger partial charge is 0.370 e. The molecule has 0 aliphatic rings. The topological polar surface area (TPSA) is 37.8 Å². The van der Waals surface area contributed by atoms with Gasteiger partial charge in [0.25, 0.3) is 0 Å². The molecule has 14 heavy (non-hydrogen) atoms. The van der Waals surface area contributed by atoms with Crippen LogP contribution in [0.3, 0.4) is 0 Å². The third-order valence-electron chi connectivity index (χ3n) is 2.01. The van der Waals surface area contributed by atoms with Crippen molar-refractivity contribution in [1.82, 2.24) is 9.97 Å². The number of rotatable bonds is 5. The lowest BCUT2D eigenvalue weighted by atomic mass is 10.2. The third-order valence-corrected chi connectivity index (χ3v) is 2.01. The summed E-state index contributed by atoms with van der Waals surface area (Å²) in [5, 5.41) is 3.21. The van der Waals surface area contributed by atoms with Crippen LogP contribution >= 0.6 is 0 Å². The number of anilines is 1. The van der Waals surface area contributed by atoms with Crippen molar-refractivity contribution < 1.29 is 0 Å². The number of aryl methyl sites for hydroxylation is 2. The molecule has 0 saturated carbocycles. The molecule has 1 heterocycles. The predicted molar refractivity (Wildman–Crippen MR) is 59.5 cm³/mol. The SMILES string of the molecule is CCCCc1nc(C)cc(NCC)n1. The maximum absolute atomic E-state index is 4.44. The van der Waals surface area contributed by atoms with E-state index in [2.05, 4.69) is 29.1 Å². The Labute approximate surface area is 86.0 Å². The van der Waals surface area contributed by atoms with Crippen LogP contribution in [0.25, 0.3) is 0 Å². The lowest BCUT2D eigenvalue weighted by Crippen LogP contribution is -2.04. The van der Waals surface area contributed by atoms with Gasteiger partial charge in [-0.1, -0.05) is 13.3 Å². The second-order valence-corrected chi connectivity index (χ2v) is 3.44. The molecule has 0 amide bonds. The molecule has 1 N–H and O–H groups in total. The van der Waals surface area contributed by atoms with Gasteiger partial charge >= 0.3 is 0 Å². The van der Waals surface area contributed by atoms with Gasteiger partial charge in [-0.15, -0.1) is 0 Å². The fourth-order valence-corrected chi connectivity index (χ4v) is 1.35. The summed E-state index contributed by atoms with van der Waals surface area (Å²) in [6, 6.07) is 1.99. The van der Waals surface area contributed by atoms with Crippen LogP contribution in [0, 0.1) is 6.92 Å². The fraction of sp³-hybridized carbons (Fsp3) is 0.636. The summed E-state index contributed by atoms with van der Waals surface area (Å²) >= 11 is 0. The number of nitrogens with one attached hydrogen (secondary N) is 1. The summed E-state index contributed by atoms with van der Waals surface area (Å²) in [6.07, 6.45) is 3.33. The van der Waals surface area contributed by atoms with Crippen LogP contribution in [0.2, 0.25) is 0 Å². The Hall–Kier alpha value is -1.12. The molecular weight excluding hydrogens is 174 g/mol. The van der Waals surface area contributed by atoms with Crippen LogP contribution in [-0.4, -0.2) is 16.5 Å². The average Bonchev–Trinajstić information content (AvgIpc) is 2.14. The second-order valence-electron chi connectivity index (χ2n) is 3.44. The fourth-order valence-electron chi connectivity index (χ4n) is 1.35. The third kappa shape index (κ3) is 3.32. The highest BCUT2D eigenvalue weighted by atomic mass is 15.0. The lowest BCUT2D eigenvalue weighted by Gasteiger charge is -2.06. The molecule has 0 aromatic carbocycles. The first-order chi connectivity index (χ1) is 6.76. The van der Waals surface area contributed by atoms with Gasteiger partial charge in [0.2, 0.25) is 0 Å². The zero-order valence-electron chi connectivity index (χ0n) is 9.30. The molecule has 0 saturated heterocycles. The average molecular weight is 193 g/mol. The van der Waals surface area contributed by atoms with Gasteiger partial charge in [-0.05, 0) is 20.3 Å². The van der Waals surface area contributed by atoms with Crippen LogP contribution in [0.5, 0.6) is 0 Å². The molecule has 1 rings (SSSR count). The standard InChI is InChI=1S/C11H19N3/c1-4-6-7-10-13-9(3)8-11(14-10)12-5-2/h8H,4-7H2,1-3H3,(H,12,13,14). The van der Waals surface area contributed by atoms with Gasteiger partial charge in [-0.2, -0.15) is 0 Å². The van der Waals surface area contributed by atoms with E-state index in [4.69, 9.17) is 0 Å². The summed E-state index contributed by atoms with van der Waals surface area (Å²) in [7, 11) is 0. The molecule has 0 unspecified atom stereocenters. The number of aromatic nitrogens is 2. The molecule has 0 atom stereocenters. The van der Waals surface area contributed by atoms with Gasteiger partial charge in [0.05, 0.1) is 0 Å². The minimum absolute atomic E-state index is 0.906. The van der Waals surface area contributed by atoms with E-state index in [9.17, 15) is 0 Å². The van der Waals surface area contributed by atoms with Crippen molar-refractivity contribution in [1.29, 1.82) is 0 Å². The molecule has 0 spiro atoms. The molecule has 0 radical (unpaired) electrons. The maximum atomic E-state index is 4.44. The van der Waals surface area contributed by atoms with Crippen LogP contribution in [0.15, 0.2) is 6.07 Å². The highest BCUT2D eigenvalue weighted by molar-refractivity contribution is 5.35. The van der Waals surface area contributed by atoms with Crippen LogP contribution in [0.4, 0.5) is 5.82 Å². The van der Waals surface area contributed by atoms with E-state index in [0.29, 0.717) is 0 Å². The van der Waals surface area contributed by atoms with Gasteiger partial charge in [0, 0.05) is 24.7 Å². The van der Waals surface area contributed by atoms with Crippen molar-refractivity contribution in [2.24, 2.45) is 0 Å². The summed E-state index contributed by atoms with van der Waals surface area (Å²) in [4.78, 5) is 8.84. The zero-order valence-corrected chi connectivity index (χ0v) is 9.30. The van der Waals surface area contributed by atoms with E-state index < -0.39 is 0 Å². The lowest BCUT2D eigenvalue weighted by molar-refractivity contribution is 0.748. The first kappa shape index (κ1) is 11.0.